The first-order valence-corrected chi connectivity index (χ1v) is 7.62. The van der Waals surface area contributed by atoms with E-state index in [9.17, 15) is 18.0 Å². The van der Waals surface area contributed by atoms with E-state index in [1.807, 2.05) is 0 Å². The molecule has 9 heteroatoms. The van der Waals surface area contributed by atoms with Gasteiger partial charge in [-0.2, -0.15) is 18.3 Å². The molecule has 0 radical (unpaired) electrons. The summed E-state index contributed by atoms with van der Waals surface area (Å²) in [5, 5.41) is 6.39. The van der Waals surface area contributed by atoms with E-state index < -0.39 is 11.9 Å². The van der Waals surface area contributed by atoms with Crippen molar-refractivity contribution in [2.75, 3.05) is 6.54 Å². The number of rotatable bonds is 5. The Bertz CT molecular complexity index is 743. The topological polar surface area (TPSA) is 72.9 Å². The smallest absolute Gasteiger partial charge is 0.348 e. The van der Waals surface area contributed by atoms with Crippen LogP contribution in [0.15, 0.2) is 36.5 Å². The minimum atomic E-state index is -4.50. The van der Waals surface area contributed by atoms with Crippen LogP contribution in [0.4, 0.5) is 13.2 Å². The molecule has 3 rings (SSSR count). The van der Waals surface area contributed by atoms with Gasteiger partial charge in [0.1, 0.15) is 0 Å². The normalized spacial score (nSPS) is 15.4. The Labute approximate surface area is 148 Å². The molecule has 1 saturated carbocycles. The van der Waals surface area contributed by atoms with Crippen LogP contribution < -0.4 is 11.1 Å². The highest BCUT2D eigenvalue weighted by molar-refractivity contribution is 5.95. The minimum Gasteiger partial charge on any atom is -0.348 e. The Balaban J connectivity index is 0.00000225. The summed E-state index contributed by atoms with van der Waals surface area (Å²) >= 11 is 0. The number of nitrogens with one attached hydrogen (secondary N) is 1. The van der Waals surface area contributed by atoms with E-state index in [4.69, 9.17) is 5.73 Å². The number of carbonyl (C=O) groups is 1. The van der Waals surface area contributed by atoms with E-state index in [0.717, 1.165) is 23.6 Å². The first-order valence-electron chi connectivity index (χ1n) is 7.62. The Morgan fingerprint density at radius 2 is 2.08 bits per heavy atom. The summed E-state index contributed by atoms with van der Waals surface area (Å²) in [5.74, 6) is 0.130. The zero-order chi connectivity index (χ0) is 17.3. The number of hydrogen-bond acceptors (Lipinski definition) is 3. The molecule has 1 aliphatic carbocycles. The van der Waals surface area contributed by atoms with Crippen LogP contribution in [-0.2, 0) is 6.18 Å². The molecule has 0 spiro atoms. The quantitative estimate of drug-likeness (QED) is 0.845. The number of carbonyl (C=O) groups excluding carboxylic acids is 1. The fourth-order valence-electron chi connectivity index (χ4n) is 2.53. The van der Waals surface area contributed by atoms with Crippen LogP contribution in [0, 0.1) is 5.92 Å². The minimum absolute atomic E-state index is 0. The van der Waals surface area contributed by atoms with Crippen LogP contribution in [0.3, 0.4) is 0 Å². The molecule has 1 aromatic carbocycles. The predicted molar refractivity (Wildman–Crippen MR) is 88.8 cm³/mol. The number of nitrogens with two attached hydrogens (primary N) is 1. The highest BCUT2D eigenvalue weighted by atomic mass is 35.5. The number of alkyl halides is 3. The standard InChI is InChI=1S/C16H17F3N4O.ClH/c17-16(18,19)14-6-7-23(22-14)12-3-1-2-11(8-12)15(24)21-13(9-20)10-4-5-10;/h1-3,6-8,10,13H,4-5,9,20H2,(H,21,24);1H. The SMILES string of the molecule is Cl.NCC(NC(=O)c1cccc(-n2ccc(C(F)(F)F)n2)c1)C1CC1. The monoisotopic (exact) mass is 374 g/mol. The molecule has 2 aromatic rings. The van der Waals surface area contributed by atoms with Gasteiger partial charge in [-0.25, -0.2) is 4.68 Å². The summed E-state index contributed by atoms with van der Waals surface area (Å²) in [4.78, 5) is 12.3. The summed E-state index contributed by atoms with van der Waals surface area (Å²) in [6.07, 6.45) is -1.18. The second-order valence-corrected chi connectivity index (χ2v) is 5.85. The third-order valence-corrected chi connectivity index (χ3v) is 4.01. The van der Waals surface area contributed by atoms with Crippen LogP contribution in [-0.4, -0.2) is 28.3 Å². The molecule has 5 nitrogen and oxygen atoms in total. The van der Waals surface area contributed by atoms with Gasteiger partial charge in [-0.05, 0) is 43.0 Å². The lowest BCUT2D eigenvalue weighted by molar-refractivity contribution is -0.141. The van der Waals surface area contributed by atoms with Crippen molar-refractivity contribution in [3.8, 4) is 5.69 Å². The van der Waals surface area contributed by atoms with Crippen molar-refractivity contribution in [1.29, 1.82) is 0 Å². The van der Waals surface area contributed by atoms with Crippen molar-refractivity contribution in [3.63, 3.8) is 0 Å². The predicted octanol–water partition coefficient (Wildman–Crippen LogP) is 2.78. The number of nitrogens with zero attached hydrogens (tertiary/aromatic N) is 2. The molecule has 0 aliphatic heterocycles. The zero-order valence-electron chi connectivity index (χ0n) is 13.2. The summed E-state index contributed by atoms with van der Waals surface area (Å²) in [6, 6.07) is 7.13. The van der Waals surface area contributed by atoms with Crippen molar-refractivity contribution >= 4 is 18.3 Å². The van der Waals surface area contributed by atoms with Gasteiger partial charge in [-0.3, -0.25) is 4.79 Å². The highest BCUT2D eigenvalue weighted by Gasteiger charge is 2.34. The van der Waals surface area contributed by atoms with Crippen LogP contribution in [0.25, 0.3) is 5.69 Å². The van der Waals surface area contributed by atoms with Crippen molar-refractivity contribution in [3.05, 3.63) is 47.8 Å². The molecule has 1 atom stereocenters. The molecule has 136 valence electrons. The average Bonchev–Trinajstić information content (AvgIpc) is 3.26. The maximum atomic E-state index is 12.6. The van der Waals surface area contributed by atoms with Crippen LogP contribution in [0.5, 0.6) is 0 Å². The van der Waals surface area contributed by atoms with Gasteiger partial charge in [-0.15, -0.1) is 12.4 Å². The Morgan fingerprint density at radius 1 is 1.36 bits per heavy atom. The van der Waals surface area contributed by atoms with Crippen molar-refractivity contribution < 1.29 is 18.0 Å². The second-order valence-electron chi connectivity index (χ2n) is 5.85. The second kappa shape index (κ2) is 7.45. The van der Waals surface area contributed by atoms with Crippen molar-refractivity contribution in [1.82, 2.24) is 15.1 Å². The van der Waals surface area contributed by atoms with Crippen molar-refractivity contribution in [2.24, 2.45) is 11.7 Å². The van der Waals surface area contributed by atoms with Gasteiger partial charge >= 0.3 is 6.18 Å². The lowest BCUT2D eigenvalue weighted by atomic mass is 10.1. The lowest BCUT2D eigenvalue weighted by Gasteiger charge is -2.16. The lowest BCUT2D eigenvalue weighted by Crippen LogP contribution is -2.41. The summed E-state index contributed by atoms with van der Waals surface area (Å²) in [6.45, 7) is 0.365. The molecule has 25 heavy (non-hydrogen) atoms. The fourth-order valence-corrected chi connectivity index (χ4v) is 2.53. The molecule has 1 amide bonds. The summed E-state index contributed by atoms with van der Waals surface area (Å²) in [5.41, 5.74) is 5.43. The maximum Gasteiger partial charge on any atom is 0.435 e. The van der Waals surface area contributed by atoms with Gasteiger partial charge in [0.05, 0.1) is 5.69 Å². The first kappa shape index (κ1) is 19.3. The summed E-state index contributed by atoms with van der Waals surface area (Å²) < 4.78 is 39.0. The highest BCUT2D eigenvalue weighted by Crippen LogP contribution is 2.32. The van der Waals surface area contributed by atoms with Gasteiger partial charge < -0.3 is 11.1 Å². The molecular weight excluding hydrogens is 357 g/mol. The molecule has 1 fully saturated rings. The van der Waals surface area contributed by atoms with Gasteiger partial charge in [0.25, 0.3) is 5.91 Å². The van der Waals surface area contributed by atoms with Crippen LogP contribution in [0.1, 0.15) is 28.9 Å². The number of aromatic nitrogens is 2. The number of hydrogen-bond donors (Lipinski definition) is 2. The number of halogens is 4. The average molecular weight is 375 g/mol. The molecule has 0 bridgehead atoms. The third-order valence-electron chi connectivity index (χ3n) is 4.01. The largest absolute Gasteiger partial charge is 0.435 e. The fraction of sp³-hybridized carbons (Fsp3) is 0.375. The molecular formula is C16H18ClF3N4O. The molecule has 1 aromatic heterocycles. The van der Waals surface area contributed by atoms with Crippen LogP contribution >= 0.6 is 12.4 Å². The molecule has 0 saturated heterocycles. The summed E-state index contributed by atoms with van der Waals surface area (Å²) in [7, 11) is 0. The Kier molecular flexibility index (Phi) is 5.74. The number of benzene rings is 1. The molecule has 1 heterocycles. The van der Waals surface area contributed by atoms with E-state index in [1.54, 1.807) is 18.2 Å². The van der Waals surface area contributed by atoms with E-state index in [-0.39, 0.29) is 24.4 Å². The first-order chi connectivity index (χ1) is 11.4. The van der Waals surface area contributed by atoms with Crippen LogP contribution in [0.2, 0.25) is 0 Å². The van der Waals surface area contributed by atoms with E-state index in [0.29, 0.717) is 23.7 Å². The molecule has 1 unspecified atom stereocenters. The van der Waals surface area contributed by atoms with Gasteiger partial charge in [-0.1, -0.05) is 6.07 Å². The molecule has 1 aliphatic rings. The Morgan fingerprint density at radius 3 is 2.64 bits per heavy atom. The maximum absolute atomic E-state index is 12.6. The molecule has 3 N–H and O–H groups in total. The van der Waals surface area contributed by atoms with Gasteiger partial charge in [0.15, 0.2) is 5.69 Å². The number of amides is 1. The Hall–Kier alpha value is -2.06. The third kappa shape index (κ3) is 4.52. The van der Waals surface area contributed by atoms with E-state index in [1.165, 1.54) is 12.3 Å². The van der Waals surface area contributed by atoms with E-state index >= 15 is 0 Å². The van der Waals surface area contributed by atoms with Gasteiger partial charge in [0.2, 0.25) is 0 Å². The zero-order valence-corrected chi connectivity index (χ0v) is 14.0. The van der Waals surface area contributed by atoms with E-state index in [2.05, 4.69) is 10.4 Å². The van der Waals surface area contributed by atoms with Gasteiger partial charge in [0, 0.05) is 24.3 Å². The van der Waals surface area contributed by atoms with Crippen molar-refractivity contribution in [2.45, 2.75) is 25.1 Å².